The summed E-state index contributed by atoms with van der Waals surface area (Å²) in [4.78, 5) is 10.9. The zero-order chi connectivity index (χ0) is 19.5. The summed E-state index contributed by atoms with van der Waals surface area (Å²) < 4.78 is 10.8. The molecule has 4 aromatic rings. The largest absolute Gasteiger partial charge is 0.493 e. The van der Waals surface area contributed by atoms with Crippen molar-refractivity contribution in [2.45, 2.75) is 0 Å². The molecule has 0 amide bonds. The molecule has 0 aliphatic rings. The summed E-state index contributed by atoms with van der Waals surface area (Å²) in [7, 11) is 5.15. The molecule has 28 heavy (non-hydrogen) atoms. The van der Waals surface area contributed by atoms with Gasteiger partial charge in [-0.3, -0.25) is 0 Å². The van der Waals surface area contributed by atoms with Crippen LogP contribution < -0.4 is 14.4 Å². The first-order chi connectivity index (χ1) is 13.7. The summed E-state index contributed by atoms with van der Waals surface area (Å²) in [5.74, 6) is 2.89. The SMILES string of the molecule is COc1cc2nncc(-c3ccc(N(C)c4ccccn4)nc3)c2cc1OC. The summed E-state index contributed by atoms with van der Waals surface area (Å²) in [5.41, 5.74) is 2.58. The highest BCUT2D eigenvalue weighted by atomic mass is 16.5. The van der Waals surface area contributed by atoms with Gasteiger partial charge in [0.2, 0.25) is 0 Å². The lowest BCUT2D eigenvalue weighted by molar-refractivity contribution is 0.356. The van der Waals surface area contributed by atoms with Gasteiger partial charge in [-0.1, -0.05) is 6.07 Å². The molecular weight excluding hydrogens is 354 g/mol. The van der Waals surface area contributed by atoms with Crippen LogP contribution in [0.2, 0.25) is 0 Å². The van der Waals surface area contributed by atoms with E-state index in [2.05, 4.69) is 20.2 Å². The lowest BCUT2D eigenvalue weighted by Gasteiger charge is -2.17. The van der Waals surface area contributed by atoms with Gasteiger partial charge in [-0.15, -0.1) is 0 Å². The standard InChI is InChI=1S/C21H19N5O2/c1-26(20-6-4-5-9-22-20)21-8-7-14(12-23-21)16-13-24-25-17-11-19(28-3)18(27-2)10-15(16)17/h4-13H,1-3H3. The van der Waals surface area contributed by atoms with E-state index in [1.807, 2.05) is 60.6 Å². The Bertz CT molecular complexity index is 1100. The molecule has 0 saturated carbocycles. The van der Waals surface area contributed by atoms with Crippen molar-refractivity contribution in [2.24, 2.45) is 0 Å². The quantitative estimate of drug-likeness (QED) is 0.526. The van der Waals surface area contributed by atoms with Crippen molar-refractivity contribution in [3.8, 4) is 22.6 Å². The van der Waals surface area contributed by atoms with E-state index in [1.165, 1.54) is 0 Å². The van der Waals surface area contributed by atoms with E-state index >= 15 is 0 Å². The zero-order valence-corrected chi connectivity index (χ0v) is 15.8. The molecule has 7 heteroatoms. The Balaban J connectivity index is 1.74. The molecule has 0 fully saturated rings. The van der Waals surface area contributed by atoms with Crippen molar-refractivity contribution < 1.29 is 9.47 Å². The third-order valence-electron chi connectivity index (χ3n) is 4.54. The van der Waals surface area contributed by atoms with Crippen LogP contribution in [0.3, 0.4) is 0 Å². The molecule has 1 aromatic carbocycles. The molecule has 7 nitrogen and oxygen atoms in total. The van der Waals surface area contributed by atoms with Gasteiger partial charge in [0.05, 0.1) is 25.9 Å². The molecule has 0 radical (unpaired) electrons. The minimum absolute atomic E-state index is 0.618. The van der Waals surface area contributed by atoms with Crippen LogP contribution in [0, 0.1) is 0 Å². The second-order valence-corrected chi connectivity index (χ2v) is 6.13. The number of pyridine rings is 2. The van der Waals surface area contributed by atoms with Gasteiger partial charge in [0.15, 0.2) is 11.5 Å². The maximum Gasteiger partial charge on any atom is 0.162 e. The van der Waals surface area contributed by atoms with Crippen molar-refractivity contribution >= 4 is 22.5 Å². The number of rotatable bonds is 5. The molecule has 3 heterocycles. The van der Waals surface area contributed by atoms with Gasteiger partial charge >= 0.3 is 0 Å². The topological polar surface area (TPSA) is 73.3 Å². The Morgan fingerprint density at radius 2 is 1.64 bits per heavy atom. The van der Waals surface area contributed by atoms with E-state index < -0.39 is 0 Å². The third-order valence-corrected chi connectivity index (χ3v) is 4.54. The lowest BCUT2D eigenvalue weighted by atomic mass is 10.0. The summed E-state index contributed by atoms with van der Waals surface area (Å²) in [6, 6.07) is 13.5. The van der Waals surface area contributed by atoms with E-state index in [-0.39, 0.29) is 0 Å². The Morgan fingerprint density at radius 1 is 0.857 bits per heavy atom. The first-order valence-electron chi connectivity index (χ1n) is 8.70. The van der Waals surface area contributed by atoms with Crippen LogP contribution in [-0.2, 0) is 0 Å². The molecule has 3 aromatic heterocycles. The average molecular weight is 373 g/mol. The van der Waals surface area contributed by atoms with Crippen LogP contribution in [0.5, 0.6) is 11.5 Å². The molecule has 0 unspecified atom stereocenters. The summed E-state index contributed by atoms with van der Waals surface area (Å²) in [6.45, 7) is 0. The first-order valence-corrected chi connectivity index (χ1v) is 8.70. The van der Waals surface area contributed by atoms with Crippen LogP contribution in [0.4, 0.5) is 11.6 Å². The monoisotopic (exact) mass is 373 g/mol. The second kappa shape index (κ2) is 7.48. The second-order valence-electron chi connectivity index (χ2n) is 6.13. The predicted molar refractivity (Wildman–Crippen MR) is 108 cm³/mol. The molecule has 0 N–H and O–H groups in total. The van der Waals surface area contributed by atoms with Crippen molar-refractivity contribution in [1.82, 2.24) is 20.2 Å². The van der Waals surface area contributed by atoms with E-state index in [0.717, 1.165) is 33.7 Å². The Morgan fingerprint density at radius 3 is 2.32 bits per heavy atom. The Labute approximate surface area is 162 Å². The molecule has 0 aliphatic carbocycles. The number of benzene rings is 1. The average Bonchev–Trinajstić information content (AvgIpc) is 2.77. The number of fused-ring (bicyclic) bond motifs is 1. The van der Waals surface area contributed by atoms with Gasteiger partial charge in [0, 0.05) is 42.0 Å². The molecule has 0 bridgehead atoms. The van der Waals surface area contributed by atoms with Crippen LogP contribution >= 0.6 is 0 Å². The molecule has 0 aliphatic heterocycles. The number of hydrogen-bond donors (Lipinski definition) is 0. The molecular formula is C21H19N5O2. The zero-order valence-electron chi connectivity index (χ0n) is 15.8. The maximum absolute atomic E-state index is 5.43. The third kappa shape index (κ3) is 3.18. The van der Waals surface area contributed by atoms with Crippen LogP contribution in [0.25, 0.3) is 22.0 Å². The highest BCUT2D eigenvalue weighted by molar-refractivity contribution is 5.95. The fraction of sp³-hybridized carbons (Fsp3) is 0.143. The number of nitrogens with zero attached hydrogens (tertiary/aromatic N) is 5. The Hall–Kier alpha value is -3.74. The van der Waals surface area contributed by atoms with Gasteiger partial charge in [-0.05, 0) is 30.3 Å². The fourth-order valence-corrected chi connectivity index (χ4v) is 3.03. The van der Waals surface area contributed by atoms with Crippen LogP contribution in [0.1, 0.15) is 0 Å². The Kier molecular flexibility index (Phi) is 4.72. The van der Waals surface area contributed by atoms with Crippen LogP contribution in [-0.4, -0.2) is 41.4 Å². The van der Waals surface area contributed by atoms with Crippen molar-refractivity contribution in [2.75, 3.05) is 26.2 Å². The predicted octanol–water partition coefficient (Wildman–Crippen LogP) is 3.87. The number of aromatic nitrogens is 4. The fourth-order valence-electron chi connectivity index (χ4n) is 3.03. The van der Waals surface area contributed by atoms with Gasteiger partial charge in [-0.25, -0.2) is 9.97 Å². The van der Waals surface area contributed by atoms with Crippen molar-refractivity contribution in [1.29, 1.82) is 0 Å². The van der Waals surface area contributed by atoms with E-state index in [4.69, 9.17) is 9.47 Å². The van der Waals surface area contributed by atoms with Gasteiger partial charge < -0.3 is 14.4 Å². The van der Waals surface area contributed by atoms with E-state index in [9.17, 15) is 0 Å². The number of hydrogen-bond acceptors (Lipinski definition) is 7. The molecule has 0 atom stereocenters. The summed E-state index contributed by atoms with van der Waals surface area (Å²) in [5, 5.41) is 9.26. The minimum atomic E-state index is 0.618. The molecule has 140 valence electrons. The lowest BCUT2D eigenvalue weighted by Crippen LogP contribution is -2.12. The van der Waals surface area contributed by atoms with Gasteiger partial charge in [0.1, 0.15) is 11.6 Å². The summed E-state index contributed by atoms with van der Waals surface area (Å²) in [6.07, 6.45) is 5.31. The number of ether oxygens (including phenoxy) is 2. The minimum Gasteiger partial charge on any atom is -0.493 e. The van der Waals surface area contributed by atoms with Crippen molar-refractivity contribution in [3.05, 3.63) is 61.1 Å². The number of anilines is 2. The molecule has 0 saturated heterocycles. The first kappa shape index (κ1) is 17.7. The highest BCUT2D eigenvalue weighted by Gasteiger charge is 2.13. The van der Waals surface area contributed by atoms with E-state index in [1.54, 1.807) is 26.6 Å². The van der Waals surface area contributed by atoms with Crippen molar-refractivity contribution in [3.63, 3.8) is 0 Å². The van der Waals surface area contributed by atoms with Gasteiger partial charge in [0.25, 0.3) is 0 Å². The normalized spacial score (nSPS) is 10.7. The maximum atomic E-state index is 5.43. The smallest absolute Gasteiger partial charge is 0.162 e. The molecule has 4 rings (SSSR count). The van der Waals surface area contributed by atoms with Crippen LogP contribution in [0.15, 0.2) is 61.1 Å². The molecule has 0 spiro atoms. The van der Waals surface area contributed by atoms with Gasteiger partial charge in [-0.2, -0.15) is 10.2 Å². The van der Waals surface area contributed by atoms with E-state index in [0.29, 0.717) is 11.5 Å². The highest BCUT2D eigenvalue weighted by Crippen LogP contribution is 2.35. The number of methoxy groups -OCH3 is 2. The summed E-state index contributed by atoms with van der Waals surface area (Å²) >= 11 is 0.